The molecular formula is C21H23BrN2O3. The number of imidazole rings is 1. The number of carbonyl (C=O) groups is 1. The highest BCUT2D eigenvalue weighted by atomic mass is 79.9. The van der Waals surface area contributed by atoms with Crippen LogP contribution >= 0.6 is 15.9 Å². The van der Waals surface area contributed by atoms with Crippen molar-refractivity contribution >= 4 is 32.9 Å². The molecule has 27 heavy (non-hydrogen) atoms. The zero-order valence-electron chi connectivity index (χ0n) is 15.7. The van der Waals surface area contributed by atoms with Crippen molar-refractivity contribution in [2.24, 2.45) is 5.41 Å². The summed E-state index contributed by atoms with van der Waals surface area (Å²) >= 11 is 3.45. The fourth-order valence-corrected chi connectivity index (χ4v) is 3.30. The van der Waals surface area contributed by atoms with E-state index >= 15 is 0 Å². The highest BCUT2D eigenvalue weighted by Crippen LogP contribution is 2.28. The maximum atomic E-state index is 12.3. The smallest absolute Gasteiger partial charge is 0.311 e. The minimum absolute atomic E-state index is 0.190. The average molecular weight is 431 g/mol. The topological polar surface area (TPSA) is 64.3 Å². The molecule has 0 aliphatic heterocycles. The fraction of sp³-hybridized carbons (Fsp3) is 0.333. The number of rotatable bonds is 6. The third-order valence-electron chi connectivity index (χ3n) is 4.49. The summed E-state index contributed by atoms with van der Waals surface area (Å²) < 4.78 is 8.29. The van der Waals surface area contributed by atoms with Gasteiger partial charge in [0.25, 0.3) is 0 Å². The molecule has 0 unspecified atom stereocenters. The van der Waals surface area contributed by atoms with Crippen molar-refractivity contribution < 1.29 is 14.6 Å². The first-order valence-corrected chi connectivity index (χ1v) is 9.69. The molecule has 142 valence electrons. The summed E-state index contributed by atoms with van der Waals surface area (Å²) in [6, 6.07) is 13.2. The normalized spacial score (nSPS) is 11.7. The van der Waals surface area contributed by atoms with Crippen LogP contribution in [0.2, 0.25) is 0 Å². The van der Waals surface area contributed by atoms with Crippen LogP contribution in [0.15, 0.2) is 46.9 Å². The number of phenolic OH excluding ortho intramolecular Hbond substituents is 1. The standard InChI is InChI=1S/C21H23BrN2O3/c1-4-27-20(26)21(2,3)12-19-23-17-10-9-16(25)11-18(17)24(19)13-14-5-7-15(22)8-6-14/h5-11,25H,4,12-13H2,1-3H3. The monoisotopic (exact) mass is 430 g/mol. The molecule has 0 radical (unpaired) electrons. The highest BCUT2D eigenvalue weighted by molar-refractivity contribution is 9.10. The maximum absolute atomic E-state index is 12.3. The molecule has 0 saturated carbocycles. The summed E-state index contributed by atoms with van der Waals surface area (Å²) in [7, 11) is 0. The van der Waals surface area contributed by atoms with Gasteiger partial charge in [-0.25, -0.2) is 4.98 Å². The van der Waals surface area contributed by atoms with E-state index in [1.165, 1.54) is 0 Å². The Bertz CT molecular complexity index is 961. The van der Waals surface area contributed by atoms with Gasteiger partial charge in [-0.15, -0.1) is 0 Å². The first-order valence-electron chi connectivity index (χ1n) is 8.90. The molecule has 6 heteroatoms. The second kappa shape index (κ2) is 7.72. The van der Waals surface area contributed by atoms with Crippen LogP contribution in [-0.4, -0.2) is 27.2 Å². The summed E-state index contributed by atoms with van der Waals surface area (Å²) in [6.07, 6.45) is 0.442. The zero-order chi connectivity index (χ0) is 19.6. The Balaban J connectivity index is 2.03. The predicted octanol–water partition coefficient (Wildman–Crippen LogP) is 4.68. The highest BCUT2D eigenvalue weighted by Gasteiger charge is 2.32. The molecule has 1 N–H and O–H groups in total. The number of ether oxygens (including phenoxy) is 1. The molecule has 3 aromatic rings. The molecule has 0 atom stereocenters. The van der Waals surface area contributed by atoms with Gasteiger partial charge in [0.15, 0.2) is 0 Å². The number of nitrogens with zero attached hydrogens (tertiary/aromatic N) is 2. The van der Waals surface area contributed by atoms with E-state index in [1.807, 2.05) is 38.1 Å². The van der Waals surface area contributed by atoms with Crippen molar-refractivity contribution in [2.45, 2.75) is 33.7 Å². The summed E-state index contributed by atoms with van der Waals surface area (Å²) in [6.45, 7) is 6.49. The fourth-order valence-electron chi connectivity index (χ4n) is 3.04. The minimum Gasteiger partial charge on any atom is -0.508 e. The summed E-state index contributed by atoms with van der Waals surface area (Å²) in [4.78, 5) is 17.1. The van der Waals surface area contributed by atoms with Crippen molar-refractivity contribution in [1.29, 1.82) is 0 Å². The molecular weight excluding hydrogens is 408 g/mol. The Morgan fingerprint density at radius 1 is 1.22 bits per heavy atom. The van der Waals surface area contributed by atoms with Gasteiger partial charge in [0.2, 0.25) is 0 Å². The first kappa shape index (κ1) is 19.4. The lowest BCUT2D eigenvalue weighted by atomic mass is 9.89. The molecule has 1 aromatic heterocycles. The van der Waals surface area contributed by atoms with Crippen molar-refractivity contribution in [3.8, 4) is 5.75 Å². The quantitative estimate of drug-likeness (QED) is 0.576. The summed E-state index contributed by atoms with van der Waals surface area (Å²) in [5, 5.41) is 9.94. The van der Waals surface area contributed by atoms with Crippen molar-refractivity contribution in [3.05, 3.63) is 58.3 Å². The lowest BCUT2D eigenvalue weighted by Crippen LogP contribution is -2.30. The van der Waals surface area contributed by atoms with Crippen molar-refractivity contribution in [2.75, 3.05) is 6.61 Å². The van der Waals surface area contributed by atoms with Crippen LogP contribution in [0.1, 0.15) is 32.2 Å². The molecule has 0 aliphatic carbocycles. The SMILES string of the molecule is CCOC(=O)C(C)(C)Cc1nc2ccc(O)cc2n1Cc1ccc(Br)cc1. The Morgan fingerprint density at radius 2 is 1.93 bits per heavy atom. The Labute approximate surface area is 167 Å². The van der Waals surface area contributed by atoms with E-state index in [2.05, 4.69) is 20.5 Å². The number of esters is 1. The van der Waals surface area contributed by atoms with Crippen LogP contribution in [0, 0.1) is 5.41 Å². The minimum atomic E-state index is -0.698. The van der Waals surface area contributed by atoms with Crippen LogP contribution in [0.25, 0.3) is 11.0 Å². The molecule has 1 heterocycles. The maximum Gasteiger partial charge on any atom is 0.311 e. The number of halogens is 1. The van der Waals surface area contributed by atoms with E-state index in [1.54, 1.807) is 25.1 Å². The number of carbonyl (C=O) groups excluding carboxylic acids is 1. The van der Waals surface area contributed by atoms with E-state index in [9.17, 15) is 9.90 Å². The molecule has 3 rings (SSSR count). The molecule has 0 amide bonds. The van der Waals surface area contributed by atoms with Gasteiger partial charge in [-0.2, -0.15) is 0 Å². The molecule has 0 saturated heterocycles. The van der Waals surface area contributed by atoms with Crippen molar-refractivity contribution in [3.63, 3.8) is 0 Å². The lowest BCUT2D eigenvalue weighted by molar-refractivity contribution is -0.153. The van der Waals surface area contributed by atoms with Gasteiger partial charge in [0.05, 0.1) is 23.1 Å². The second-order valence-corrected chi connectivity index (χ2v) is 8.11. The van der Waals surface area contributed by atoms with Gasteiger partial charge in [-0.3, -0.25) is 4.79 Å². The van der Waals surface area contributed by atoms with Crippen LogP contribution in [-0.2, 0) is 22.5 Å². The molecule has 5 nitrogen and oxygen atoms in total. The molecule has 2 aromatic carbocycles. The Kier molecular flexibility index (Phi) is 5.56. The Morgan fingerprint density at radius 3 is 2.59 bits per heavy atom. The summed E-state index contributed by atoms with van der Waals surface area (Å²) in [5.41, 5.74) is 2.04. The number of fused-ring (bicyclic) bond motifs is 1. The summed E-state index contributed by atoms with van der Waals surface area (Å²) in [5.74, 6) is 0.738. The number of hydrogen-bond acceptors (Lipinski definition) is 4. The molecule has 0 fully saturated rings. The third kappa shape index (κ3) is 4.33. The van der Waals surface area contributed by atoms with Crippen LogP contribution in [0.4, 0.5) is 0 Å². The molecule has 0 aliphatic rings. The van der Waals surface area contributed by atoms with Gasteiger partial charge in [-0.05, 0) is 50.6 Å². The molecule has 0 bridgehead atoms. The zero-order valence-corrected chi connectivity index (χ0v) is 17.3. The van der Waals surface area contributed by atoms with Gasteiger partial charge < -0.3 is 14.4 Å². The average Bonchev–Trinajstić information content (AvgIpc) is 2.93. The number of aromatic nitrogens is 2. The Hall–Kier alpha value is -2.34. The van der Waals surface area contributed by atoms with Crippen LogP contribution < -0.4 is 0 Å². The van der Waals surface area contributed by atoms with Gasteiger partial charge in [0.1, 0.15) is 11.6 Å². The van der Waals surface area contributed by atoms with E-state index in [0.29, 0.717) is 19.6 Å². The molecule has 0 spiro atoms. The largest absolute Gasteiger partial charge is 0.508 e. The first-order chi connectivity index (χ1) is 12.8. The van der Waals surface area contributed by atoms with E-state index < -0.39 is 5.41 Å². The number of hydrogen-bond donors (Lipinski definition) is 1. The number of phenols is 1. The number of aromatic hydroxyl groups is 1. The van der Waals surface area contributed by atoms with E-state index in [0.717, 1.165) is 26.9 Å². The number of benzene rings is 2. The second-order valence-electron chi connectivity index (χ2n) is 7.19. The van der Waals surface area contributed by atoms with Gasteiger partial charge in [0, 0.05) is 23.5 Å². The van der Waals surface area contributed by atoms with E-state index in [-0.39, 0.29) is 11.7 Å². The van der Waals surface area contributed by atoms with Gasteiger partial charge in [-0.1, -0.05) is 28.1 Å². The third-order valence-corrected chi connectivity index (χ3v) is 5.02. The van der Waals surface area contributed by atoms with Gasteiger partial charge >= 0.3 is 5.97 Å². The predicted molar refractivity (Wildman–Crippen MR) is 109 cm³/mol. The lowest BCUT2D eigenvalue weighted by Gasteiger charge is -2.22. The van der Waals surface area contributed by atoms with E-state index in [4.69, 9.17) is 9.72 Å². The van der Waals surface area contributed by atoms with Crippen LogP contribution in [0.3, 0.4) is 0 Å². The van der Waals surface area contributed by atoms with Crippen LogP contribution in [0.5, 0.6) is 5.75 Å². The van der Waals surface area contributed by atoms with Crippen molar-refractivity contribution in [1.82, 2.24) is 9.55 Å².